The smallest absolute Gasteiger partial charge is 0.416 e. The number of benzene rings is 2. The molecule has 1 aromatic heterocycles. The number of aromatic nitrogens is 2. The molecule has 192 valence electrons. The van der Waals surface area contributed by atoms with Crippen molar-refractivity contribution in [1.29, 1.82) is 0 Å². The van der Waals surface area contributed by atoms with Crippen molar-refractivity contribution in [1.82, 2.24) is 9.55 Å². The van der Waals surface area contributed by atoms with Gasteiger partial charge in [0.05, 0.1) is 27.9 Å². The summed E-state index contributed by atoms with van der Waals surface area (Å²) in [6.07, 6.45) is -1.81. The molecule has 0 radical (unpaired) electrons. The minimum atomic E-state index is -4.56. The number of hydrogen-bond acceptors (Lipinski definition) is 5. The number of fused-ring (bicyclic) bond motifs is 1. The molecule has 0 bridgehead atoms. The molecule has 2 aromatic carbocycles. The number of thioether (sulfide) groups is 1. The first-order valence-electron chi connectivity index (χ1n) is 12.1. The standard InChI is InChI=1S/C27H29F3N2O3S/c1-16(2)20-12-11-17(3)13-23(20)35-24(33)15-36-26-31-22-10-5-4-9-21(22)25(34)32(26)19-8-6-7-18(14-19)27(28,29)30/h4-10,14,16-17,20,23H,11-13,15H2,1-3H3/t17-,20-,23+/m1/s1. The third kappa shape index (κ3) is 5.77. The topological polar surface area (TPSA) is 61.2 Å². The van der Waals surface area contributed by atoms with Gasteiger partial charge in [0, 0.05) is 0 Å². The van der Waals surface area contributed by atoms with E-state index in [2.05, 4.69) is 25.8 Å². The van der Waals surface area contributed by atoms with Crippen LogP contribution < -0.4 is 5.56 Å². The molecular weight excluding hydrogens is 489 g/mol. The summed E-state index contributed by atoms with van der Waals surface area (Å²) >= 11 is 0.987. The van der Waals surface area contributed by atoms with E-state index in [1.165, 1.54) is 12.1 Å². The van der Waals surface area contributed by atoms with Gasteiger partial charge in [-0.1, -0.05) is 57.2 Å². The second kappa shape index (κ2) is 10.7. The lowest BCUT2D eigenvalue weighted by Crippen LogP contribution is -2.36. The van der Waals surface area contributed by atoms with Crippen LogP contribution in [-0.2, 0) is 15.7 Å². The van der Waals surface area contributed by atoms with E-state index in [-0.39, 0.29) is 34.0 Å². The van der Waals surface area contributed by atoms with Gasteiger partial charge in [-0.05, 0) is 60.9 Å². The molecule has 5 nitrogen and oxygen atoms in total. The molecule has 1 aliphatic carbocycles. The summed E-state index contributed by atoms with van der Waals surface area (Å²) in [7, 11) is 0. The SMILES string of the molecule is CC(C)[C@H]1CC[C@@H](C)C[C@@H]1OC(=O)CSc1nc2ccccc2c(=O)n1-c1cccc(C(F)(F)F)c1. The summed E-state index contributed by atoms with van der Waals surface area (Å²) in [6, 6.07) is 11.2. The van der Waals surface area contributed by atoms with Crippen molar-refractivity contribution in [2.45, 2.75) is 57.5 Å². The zero-order valence-corrected chi connectivity index (χ0v) is 21.2. The van der Waals surface area contributed by atoms with Crippen LogP contribution in [0.3, 0.4) is 0 Å². The largest absolute Gasteiger partial charge is 0.461 e. The third-order valence-electron chi connectivity index (χ3n) is 6.74. The maximum absolute atomic E-state index is 13.4. The molecule has 0 amide bonds. The van der Waals surface area contributed by atoms with Crippen molar-refractivity contribution in [3.05, 3.63) is 64.4 Å². The minimum Gasteiger partial charge on any atom is -0.461 e. The fourth-order valence-electron chi connectivity index (χ4n) is 4.83. The van der Waals surface area contributed by atoms with E-state index in [9.17, 15) is 22.8 Å². The number of para-hydroxylation sites is 1. The molecule has 1 aliphatic rings. The Kier molecular flexibility index (Phi) is 7.78. The predicted octanol–water partition coefficient (Wildman–Crippen LogP) is 6.50. The summed E-state index contributed by atoms with van der Waals surface area (Å²) in [4.78, 5) is 30.7. The second-order valence-corrected chi connectivity index (χ2v) is 10.7. The fourth-order valence-corrected chi connectivity index (χ4v) is 5.63. The Labute approximate surface area is 212 Å². The van der Waals surface area contributed by atoms with Gasteiger partial charge < -0.3 is 4.74 Å². The molecule has 1 heterocycles. The van der Waals surface area contributed by atoms with Crippen LogP contribution in [-0.4, -0.2) is 27.4 Å². The van der Waals surface area contributed by atoms with Crippen LogP contribution in [0.5, 0.6) is 0 Å². The average molecular weight is 519 g/mol. The Morgan fingerprint density at radius 2 is 1.92 bits per heavy atom. The highest BCUT2D eigenvalue weighted by Gasteiger charge is 2.34. The predicted molar refractivity (Wildman–Crippen MR) is 134 cm³/mol. The zero-order valence-electron chi connectivity index (χ0n) is 20.4. The first kappa shape index (κ1) is 26.3. The minimum absolute atomic E-state index is 0.0323. The van der Waals surface area contributed by atoms with E-state index in [0.29, 0.717) is 17.4 Å². The van der Waals surface area contributed by atoms with Crippen molar-refractivity contribution in [2.75, 3.05) is 5.75 Å². The molecule has 4 rings (SSSR count). The molecule has 0 saturated heterocycles. The molecular formula is C27H29F3N2O3S. The molecule has 9 heteroatoms. The highest BCUT2D eigenvalue weighted by atomic mass is 32.2. The number of rotatable bonds is 6. The number of ether oxygens (including phenoxy) is 1. The Morgan fingerprint density at radius 3 is 2.64 bits per heavy atom. The van der Waals surface area contributed by atoms with Gasteiger partial charge in [0.15, 0.2) is 5.16 Å². The zero-order chi connectivity index (χ0) is 26.0. The maximum atomic E-state index is 13.4. The number of alkyl halides is 3. The first-order chi connectivity index (χ1) is 17.0. The maximum Gasteiger partial charge on any atom is 0.416 e. The van der Waals surface area contributed by atoms with Crippen molar-refractivity contribution in [2.24, 2.45) is 17.8 Å². The van der Waals surface area contributed by atoms with Gasteiger partial charge in [-0.15, -0.1) is 0 Å². The normalized spacial score (nSPS) is 20.6. The van der Waals surface area contributed by atoms with Gasteiger partial charge in [-0.3, -0.25) is 14.2 Å². The van der Waals surface area contributed by atoms with Crippen LogP contribution in [0.2, 0.25) is 0 Å². The lowest BCUT2D eigenvalue weighted by Gasteiger charge is -2.36. The molecule has 0 spiro atoms. The van der Waals surface area contributed by atoms with Crippen molar-refractivity contribution in [3.8, 4) is 5.69 Å². The van der Waals surface area contributed by atoms with Crippen molar-refractivity contribution in [3.63, 3.8) is 0 Å². The lowest BCUT2D eigenvalue weighted by atomic mass is 9.75. The summed E-state index contributed by atoms with van der Waals surface area (Å²) in [6.45, 7) is 6.41. The Hall–Kier alpha value is -2.81. The monoisotopic (exact) mass is 518 g/mol. The van der Waals surface area contributed by atoms with Crippen LogP contribution in [0.25, 0.3) is 16.6 Å². The number of carbonyl (C=O) groups excluding carboxylic acids is 1. The van der Waals surface area contributed by atoms with Gasteiger partial charge in [-0.25, -0.2) is 4.98 Å². The Balaban J connectivity index is 1.64. The summed E-state index contributed by atoms with van der Waals surface area (Å²) in [5.41, 5.74) is -0.939. The van der Waals surface area contributed by atoms with Crippen LogP contribution in [0.4, 0.5) is 13.2 Å². The molecule has 1 fully saturated rings. The quantitative estimate of drug-likeness (QED) is 0.212. The molecule has 3 atom stereocenters. The van der Waals surface area contributed by atoms with Crippen LogP contribution in [0.15, 0.2) is 58.5 Å². The van der Waals surface area contributed by atoms with Gasteiger partial charge in [0.2, 0.25) is 0 Å². The van der Waals surface area contributed by atoms with Crippen molar-refractivity contribution < 1.29 is 22.7 Å². The highest BCUT2D eigenvalue weighted by molar-refractivity contribution is 7.99. The summed E-state index contributed by atoms with van der Waals surface area (Å²) in [5.74, 6) is 0.606. The Morgan fingerprint density at radius 1 is 1.17 bits per heavy atom. The molecule has 36 heavy (non-hydrogen) atoms. The number of esters is 1. The third-order valence-corrected chi connectivity index (χ3v) is 7.65. The summed E-state index contributed by atoms with van der Waals surface area (Å²) < 4.78 is 47.1. The molecule has 0 N–H and O–H groups in total. The van der Waals surface area contributed by atoms with Crippen LogP contribution in [0.1, 0.15) is 45.6 Å². The first-order valence-corrected chi connectivity index (χ1v) is 13.0. The van der Waals surface area contributed by atoms with Gasteiger partial charge in [0.1, 0.15) is 6.10 Å². The molecule has 1 saturated carbocycles. The van der Waals surface area contributed by atoms with E-state index in [1.807, 2.05) is 0 Å². The number of hydrogen-bond donors (Lipinski definition) is 0. The second-order valence-electron chi connectivity index (χ2n) is 9.74. The molecule has 3 aromatic rings. The Bertz CT molecular complexity index is 1310. The fraction of sp³-hybridized carbons (Fsp3) is 0.444. The van der Waals surface area contributed by atoms with Gasteiger partial charge in [0.25, 0.3) is 5.56 Å². The van der Waals surface area contributed by atoms with E-state index in [4.69, 9.17) is 4.74 Å². The highest BCUT2D eigenvalue weighted by Crippen LogP contribution is 2.36. The van der Waals surface area contributed by atoms with E-state index >= 15 is 0 Å². The molecule has 0 unspecified atom stereocenters. The van der Waals surface area contributed by atoms with Crippen molar-refractivity contribution >= 4 is 28.6 Å². The number of carbonyl (C=O) groups is 1. The van der Waals surface area contributed by atoms with E-state index < -0.39 is 23.3 Å². The van der Waals surface area contributed by atoms with Crippen LogP contribution in [0, 0.1) is 17.8 Å². The average Bonchev–Trinajstić information content (AvgIpc) is 2.82. The number of nitrogens with zero attached hydrogens (tertiary/aromatic N) is 2. The van der Waals surface area contributed by atoms with E-state index in [1.54, 1.807) is 24.3 Å². The molecule has 0 aliphatic heterocycles. The van der Waals surface area contributed by atoms with Gasteiger partial charge in [-0.2, -0.15) is 13.2 Å². The van der Waals surface area contributed by atoms with Gasteiger partial charge >= 0.3 is 12.1 Å². The lowest BCUT2D eigenvalue weighted by molar-refractivity contribution is -0.152. The summed E-state index contributed by atoms with van der Waals surface area (Å²) in [5, 5.41) is 0.408. The number of halogens is 3. The van der Waals surface area contributed by atoms with E-state index in [0.717, 1.165) is 47.7 Å². The van der Waals surface area contributed by atoms with Crippen LogP contribution >= 0.6 is 11.8 Å².